The average molecular weight is 122 g/mol. The monoisotopic (exact) mass is 122 g/mol. The third-order valence-corrected chi connectivity index (χ3v) is 1.21. The quantitative estimate of drug-likeness (QED) is 0.548. The van der Waals surface area contributed by atoms with E-state index in [0.29, 0.717) is 0 Å². The highest BCUT2D eigenvalue weighted by Gasteiger charge is 1.94. The van der Waals surface area contributed by atoms with Crippen LogP contribution in [0.25, 0.3) is 5.52 Å². The molecule has 1 N–H and O–H groups in total. The molecule has 9 heavy (non-hydrogen) atoms. The maximum absolute atomic E-state index is 4.07. The largest absolute Gasteiger partial charge is 0.197 e. The van der Waals surface area contributed by atoms with Crippen molar-refractivity contribution in [2.45, 2.75) is 6.92 Å². The van der Waals surface area contributed by atoms with E-state index in [-0.39, 0.29) is 0 Å². The fraction of sp³-hybridized carbons (Fsp3) is 0.200. The Morgan fingerprint density at radius 1 is 1.67 bits per heavy atom. The van der Waals surface area contributed by atoms with Gasteiger partial charge in [0, 0.05) is 0 Å². The maximum Gasteiger partial charge on any atom is 0.107 e. The lowest BCUT2D eigenvalue weighted by molar-refractivity contribution is 0.747. The fourth-order valence-corrected chi connectivity index (χ4v) is 0.841. The van der Waals surface area contributed by atoms with Gasteiger partial charge in [0.15, 0.2) is 0 Å². The van der Waals surface area contributed by atoms with Crippen molar-refractivity contribution in [1.82, 2.24) is 20.0 Å². The molecule has 46 valence electrons. The molecule has 4 nitrogen and oxygen atoms in total. The van der Waals surface area contributed by atoms with Gasteiger partial charge in [-0.1, -0.05) is 0 Å². The number of rotatable bonds is 0. The third kappa shape index (κ3) is 0.526. The van der Waals surface area contributed by atoms with Crippen LogP contribution in [0.2, 0.25) is 0 Å². The van der Waals surface area contributed by atoms with Crippen LogP contribution in [0, 0.1) is 6.92 Å². The first-order valence-electron chi connectivity index (χ1n) is 2.72. The minimum atomic E-state index is 1.00. The summed E-state index contributed by atoms with van der Waals surface area (Å²) < 4.78 is 1.63. The molecule has 2 aromatic rings. The second-order valence-electron chi connectivity index (χ2n) is 1.98. The van der Waals surface area contributed by atoms with Crippen LogP contribution in [0.1, 0.15) is 5.69 Å². The topological polar surface area (TPSA) is 46.0 Å². The van der Waals surface area contributed by atoms with Crippen molar-refractivity contribution < 1.29 is 0 Å². The van der Waals surface area contributed by atoms with E-state index in [0.717, 1.165) is 11.2 Å². The molecule has 0 spiro atoms. The van der Waals surface area contributed by atoms with Gasteiger partial charge < -0.3 is 0 Å². The SMILES string of the molecule is Cc1cc2cn[nH]n2n1. The van der Waals surface area contributed by atoms with Crippen molar-refractivity contribution in [3.05, 3.63) is 18.0 Å². The summed E-state index contributed by atoms with van der Waals surface area (Å²) >= 11 is 0. The van der Waals surface area contributed by atoms with Gasteiger partial charge in [0.05, 0.1) is 11.9 Å². The summed E-state index contributed by atoms with van der Waals surface area (Å²) in [4.78, 5) is 0. The summed E-state index contributed by atoms with van der Waals surface area (Å²) in [6.07, 6.45) is 1.74. The lowest BCUT2D eigenvalue weighted by Crippen LogP contribution is -1.86. The summed E-state index contributed by atoms with van der Waals surface area (Å²) in [7, 11) is 0. The Balaban J connectivity index is 2.92. The smallest absolute Gasteiger partial charge is 0.107 e. The van der Waals surface area contributed by atoms with Gasteiger partial charge in [-0.3, -0.25) is 0 Å². The highest BCUT2D eigenvalue weighted by molar-refractivity contribution is 5.43. The number of nitrogens with zero attached hydrogens (tertiary/aromatic N) is 3. The van der Waals surface area contributed by atoms with Crippen molar-refractivity contribution in [2.24, 2.45) is 0 Å². The Labute approximate surface area is 51.5 Å². The second kappa shape index (κ2) is 1.34. The van der Waals surface area contributed by atoms with E-state index < -0.39 is 0 Å². The molecule has 0 saturated carbocycles. The molecule has 0 aromatic carbocycles. The molecule has 2 heterocycles. The predicted molar refractivity (Wildman–Crippen MR) is 32.1 cm³/mol. The van der Waals surface area contributed by atoms with Gasteiger partial charge in [-0.2, -0.15) is 20.0 Å². The van der Waals surface area contributed by atoms with Crippen molar-refractivity contribution >= 4 is 5.52 Å². The van der Waals surface area contributed by atoms with Crippen LogP contribution in [0.4, 0.5) is 0 Å². The number of hydrogen-bond donors (Lipinski definition) is 1. The van der Waals surface area contributed by atoms with Crippen LogP contribution in [0.15, 0.2) is 12.3 Å². The van der Waals surface area contributed by atoms with E-state index in [1.165, 1.54) is 0 Å². The van der Waals surface area contributed by atoms with Gasteiger partial charge in [0.25, 0.3) is 0 Å². The van der Waals surface area contributed by atoms with E-state index in [2.05, 4.69) is 15.4 Å². The predicted octanol–water partition coefficient (Wildman–Crippen LogP) is 0.366. The number of fused-ring (bicyclic) bond motifs is 1. The van der Waals surface area contributed by atoms with Gasteiger partial charge in [0.2, 0.25) is 0 Å². The summed E-state index contributed by atoms with van der Waals surface area (Å²) in [6.45, 7) is 1.95. The molecule has 2 aromatic heterocycles. The van der Waals surface area contributed by atoms with E-state index in [1.54, 1.807) is 10.8 Å². The molecule has 0 aliphatic heterocycles. The van der Waals surface area contributed by atoms with Crippen molar-refractivity contribution in [3.8, 4) is 0 Å². The number of aromatic amines is 1. The zero-order valence-electron chi connectivity index (χ0n) is 5.00. The first-order valence-corrected chi connectivity index (χ1v) is 2.72. The van der Waals surface area contributed by atoms with Crippen LogP contribution in [0.3, 0.4) is 0 Å². The summed E-state index contributed by atoms with van der Waals surface area (Å²) in [5, 5.41) is 10.5. The summed E-state index contributed by atoms with van der Waals surface area (Å²) in [5.74, 6) is 0. The Hall–Kier alpha value is -1.32. The normalized spacial score (nSPS) is 10.8. The molecule has 0 fully saturated rings. The van der Waals surface area contributed by atoms with Gasteiger partial charge >= 0.3 is 0 Å². The second-order valence-corrected chi connectivity index (χ2v) is 1.98. The molecule has 0 bridgehead atoms. The number of hydrogen-bond acceptors (Lipinski definition) is 2. The molecule has 0 atom stereocenters. The van der Waals surface area contributed by atoms with Crippen molar-refractivity contribution in [3.63, 3.8) is 0 Å². The van der Waals surface area contributed by atoms with Crippen LogP contribution < -0.4 is 0 Å². The molecular weight excluding hydrogens is 116 g/mol. The van der Waals surface area contributed by atoms with Crippen LogP contribution in [0.5, 0.6) is 0 Å². The Bertz CT molecular complexity index is 290. The molecule has 0 unspecified atom stereocenters. The maximum atomic E-state index is 4.07. The van der Waals surface area contributed by atoms with Gasteiger partial charge in [-0.05, 0) is 13.0 Å². The minimum Gasteiger partial charge on any atom is -0.197 e. The van der Waals surface area contributed by atoms with Gasteiger partial charge in [0.1, 0.15) is 5.52 Å². The third-order valence-electron chi connectivity index (χ3n) is 1.21. The van der Waals surface area contributed by atoms with Crippen LogP contribution in [-0.4, -0.2) is 20.0 Å². The lowest BCUT2D eigenvalue weighted by atomic mass is 10.4. The molecule has 0 radical (unpaired) electrons. The minimum absolute atomic E-state index is 1.00. The number of aromatic nitrogens is 4. The highest BCUT2D eigenvalue weighted by Crippen LogP contribution is 1.99. The molecule has 0 aliphatic carbocycles. The zero-order chi connectivity index (χ0) is 6.27. The van der Waals surface area contributed by atoms with Crippen LogP contribution in [-0.2, 0) is 0 Å². The number of nitrogens with one attached hydrogen (secondary N) is 1. The molecule has 0 aliphatic rings. The Morgan fingerprint density at radius 3 is 3.33 bits per heavy atom. The van der Waals surface area contributed by atoms with Gasteiger partial charge in [-0.25, -0.2) is 0 Å². The Morgan fingerprint density at radius 2 is 2.56 bits per heavy atom. The van der Waals surface area contributed by atoms with E-state index in [9.17, 15) is 0 Å². The van der Waals surface area contributed by atoms with E-state index in [4.69, 9.17) is 0 Å². The standard InChI is InChI=1S/C5H6N4/c1-4-2-5-3-6-8-9(5)7-4/h2-3,8H,1H3. The molecule has 2 rings (SSSR count). The zero-order valence-corrected chi connectivity index (χ0v) is 5.00. The summed E-state index contributed by atoms with van der Waals surface area (Å²) in [6, 6.07) is 1.96. The molecular formula is C5H6N4. The van der Waals surface area contributed by atoms with E-state index in [1.807, 2.05) is 13.0 Å². The molecule has 4 heteroatoms. The average Bonchev–Trinajstić information content (AvgIpc) is 2.22. The van der Waals surface area contributed by atoms with Crippen LogP contribution >= 0.6 is 0 Å². The van der Waals surface area contributed by atoms with E-state index >= 15 is 0 Å². The number of aryl methyl sites for hydroxylation is 1. The first kappa shape index (κ1) is 4.55. The van der Waals surface area contributed by atoms with Gasteiger partial charge in [-0.15, -0.1) is 0 Å². The fourth-order valence-electron chi connectivity index (χ4n) is 0.841. The highest BCUT2D eigenvalue weighted by atomic mass is 15.5. The van der Waals surface area contributed by atoms with Crippen molar-refractivity contribution in [2.75, 3.05) is 0 Å². The number of H-pyrrole nitrogens is 1. The molecule has 0 saturated heterocycles. The lowest BCUT2D eigenvalue weighted by Gasteiger charge is -1.75. The summed E-state index contributed by atoms with van der Waals surface area (Å²) in [5.41, 5.74) is 2.01. The Kier molecular flexibility index (Phi) is 0.677. The molecule has 0 amide bonds. The van der Waals surface area contributed by atoms with Crippen molar-refractivity contribution in [1.29, 1.82) is 0 Å². The first-order chi connectivity index (χ1) is 4.36.